The van der Waals surface area contributed by atoms with Gasteiger partial charge in [0.2, 0.25) is 18.6 Å². The quantitative estimate of drug-likeness (QED) is 0.708. The summed E-state index contributed by atoms with van der Waals surface area (Å²) in [7, 11) is 0. The van der Waals surface area contributed by atoms with Gasteiger partial charge in [0.15, 0.2) is 11.5 Å². The van der Waals surface area contributed by atoms with Crippen molar-refractivity contribution >= 4 is 28.8 Å². The molecule has 3 heterocycles. The molecular formula is C22H27N3O4S. The molecule has 8 heteroatoms. The van der Waals surface area contributed by atoms with Crippen LogP contribution in [0.15, 0.2) is 35.7 Å². The Kier molecular flexibility index (Phi) is 6.54. The number of fused-ring (bicyclic) bond motifs is 1. The van der Waals surface area contributed by atoms with Crippen molar-refractivity contribution in [2.45, 2.75) is 32.2 Å². The minimum absolute atomic E-state index is 0.0153. The van der Waals surface area contributed by atoms with E-state index in [9.17, 15) is 9.59 Å². The van der Waals surface area contributed by atoms with E-state index in [4.69, 9.17) is 9.47 Å². The molecule has 1 aromatic carbocycles. The van der Waals surface area contributed by atoms with Gasteiger partial charge in [-0.25, -0.2) is 0 Å². The van der Waals surface area contributed by atoms with E-state index in [0.29, 0.717) is 23.7 Å². The molecule has 7 nitrogen and oxygen atoms in total. The lowest BCUT2D eigenvalue weighted by Gasteiger charge is -2.34. The van der Waals surface area contributed by atoms with Gasteiger partial charge in [-0.15, -0.1) is 11.3 Å². The molecule has 1 unspecified atom stereocenters. The molecule has 1 aromatic heterocycles. The highest BCUT2D eigenvalue weighted by molar-refractivity contribution is 7.09. The number of thiophene rings is 1. The highest BCUT2D eigenvalue weighted by Crippen LogP contribution is 2.34. The Bertz CT molecular complexity index is 879. The Balaban J connectivity index is 1.21. The number of amides is 2. The van der Waals surface area contributed by atoms with Crippen molar-refractivity contribution in [2.24, 2.45) is 5.92 Å². The van der Waals surface area contributed by atoms with Gasteiger partial charge in [0.05, 0.1) is 6.04 Å². The molecule has 1 fully saturated rings. The number of nitrogens with one attached hydrogen (secondary N) is 2. The van der Waals surface area contributed by atoms with Crippen LogP contribution in [0.5, 0.6) is 11.5 Å². The Morgan fingerprint density at radius 2 is 2.00 bits per heavy atom. The maximum atomic E-state index is 12.7. The van der Waals surface area contributed by atoms with Crippen LogP contribution in [-0.2, 0) is 16.0 Å². The van der Waals surface area contributed by atoms with Gasteiger partial charge in [-0.05, 0) is 62.9 Å². The smallest absolute Gasteiger partial charge is 0.237 e. The summed E-state index contributed by atoms with van der Waals surface area (Å²) >= 11 is 1.71. The molecule has 0 saturated carbocycles. The van der Waals surface area contributed by atoms with Crippen LogP contribution in [0, 0.1) is 5.92 Å². The van der Waals surface area contributed by atoms with Gasteiger partial charge in [0.25, 0.3) is 0 Å². The first-order chi connectivity index (χ1) is 14.6. The first kappa shape index (κ1) is 20.7. The van der Waals surface area contributed by atoms with Crippen molar-refractivity contribution in [2.75, 3.05) is 31.7 Å². The van der Waals surface area contributed by atoms with E-state index in [1.165, 1.54) is 4.88 Å². The van der Waals surface area contributed by atoms with Crippen LogP contribution >= 0.6 is 11.3 Å². The fourth-order valence-corrected chi connectivity index (χ4v) is 4.55. The molecule has 2 aromatic rings. The molecule has 4 rings (SSSR count). The molecule has 0 radical (unpaired) electrons. The summed E-state index contributed by atoms with van der Waals surface area (Å²) in [4.78, 5) is 28.6. The maximum absolute atomic E-state index is 12.7. The number of hydrogen-bond acceptors (Lipinski definition) is 6. The van der Waals surface area contributed by atoms with E-state index in [1.54, 1.807) is 23.5 Å². The number of nitrogens with zero attached hydrogens (tertiary/aromatic N) is 1. The number of likely N-dealkylation sites (tertiary alicyclic amines) is 1. The van der Waals surface area contributed by atoms with E-state index in [1.807, 2.05) is 24.4 Å². The second kappa shape index (κ2) is 9.49. The number of anilines is 1. The van der Waals surface area contributed by atoms with Crippen LogP contribution in [0.1, 0.15) is 24.6 Å². The number of rotatable bonds is 7. The van der Waals surface area contributed by atoms with Crippen molar-refractivity contribution in [1.29, 1.82) is 0 Å². The van der Waals surface area contributed by atoms with Crippen molar-refractivity contribution in [3.8, 4) is 11.5 Å². The summed E-state index contributed by atoms with van der Waals surface area (Å²) in [5.74, 6) is 1.36. The molecule has 0 spiro atoms. The summed E-state index contributed by atoms with van der Waals surface area (Å²) in [6, 6.07) is 9.34. The highest BCUT2D eigenvalue weighted by atomic mass is 32.1. The van der Waals surface area contributed by atoms with Gasteiger partial charge in [-0.2, -0.15) is 0 Å². The molecule has 2 amide bonds. The monoisotopic (exact) mass is 429 g/mol. The van der Waals surface area contributed by atoms with E-state index < -0.39 is 0 Å². The molecule has 1 saturated heterocycles. The van der Waals surface area contributed by atoms with Crippen LogP contribution in [-0.4, -0.2) is 49.2 Å². The summed E-state index contributed by atoms with van der Waals surface area (Å²) < 4.78 is 10.7. The molecule has 30 heavy (non-hydrogen) atoms. The predicted octanol–water partition coefficient (Wildman–Crippen LogP) is 2.87. The third kappa shape index (κ3) is 4.94. The average molecular weight is 430 g/mol. The number of benzene rings is 1. The van der Waals surface area contributed by atoms with Crippen LogP contribution in [0.3, 0.4) is 0 Å². The van der Waals surface area contributed by atoms with Crippen LogP contribution in [0.25, 0.3) is 0 Å². The zero-order chi connectivity index (χ0) is 20.9. The molecule has 2 aliphatic heterocycles. The Morgan fingerprint density at radius 3 is 2.77 bits per heavy atom. The molecule has 2 aliphatic rings. The normalized spacial score (nSPS) is 17.5. The second-order valence-corrected chi connectivity index (χ2v) is 8.70. The summed E-state index contributed by atoms with van der Waals surface area (Å²) in [6.07, 6.45) is 2.34. The minimum Gasteiger partial charge on any atom is -0.454 e. The average Bonchev–Trinajstić information content (AvgIpc) is 3.44. The summed E-state index contributed by atoms with van der Waals surface area (Å²) in [5.41, 5.74) is 0.713. The second-order valence-electron chi connectivity index (χ2n) is 7.66. The third-order valence-electron chi connectivity index (χ3n) is 5.72. The molecule has 160 valence electrons. The summed E-state index contributed by atoms with van der Waals surface area (Å²) in [5, 5.41) is 8.06. The van der Waals surface area contributed by atoms with Crippen molar-refractivity contribution in [3.05, 3.63) is 40.6 Å². The van der Waals surface area contributed by atoms with E-state index >= 15 is 0 Å². The van der Waals surface area contributed by atoms with Crippen molar-refractivity contribution < 1.29 is 19.1 Å². The SMILES string of the molecule is CC(C(=O)NCCc1cccs1)N1CCC(C(=O)Nc2ccc3c(c2)OCO3)CC1. The van der Waals surface area contributed by atoms with Gasteiger partial charge >= 0.3 is 0 Å². The lowest BCUT2D eigenvalue weighted by Crippen LogP contribution is -2.49. The van der Waals surface area contributed by atoms with Gasteiger partial charge in [0, 0.05) is 29.1 Å². The molecule has 2 N–H and O–H groups in total. The van der Waals surface area contributed by atoms with E-state index in [2.05, 4.69) is 21.6 Å². The Morgan fingerprint density at radius 1 is 1.20 bits per heavy atom. The fraction of sp³-hybridized carbons (Fsp3) is 0.455. The van der Waals surface area contributed by atoms with Gasteiger partial charge < -0.3 is 20.1 Å². The van der Waals surface area contributed by atoms with E-state index in [0.717, 1.165) is 32.4 Å². The summed E-state index contributed by atoms with van der Waals surface area (Å²) in [6.45, 7) is 4.27. The van der Waals surface area contributed by atoms with Gasteiger partial charge in [-0.1, -0.05) is 6.07 Å². The topological polar surface area (TPSA) is 79.9 Å². The van der Waals surface area contributed by atoms with Crippen LogP contribution in [0.4, 0.5) is 5.69 Å². The highest BCUT2D eigenvalue weighted by Gasteiger charge is 2.30. The van der Waals surface area contributed by atoms with Gasteiger partial charge in [0.1, 0.15) is 0 Å². The number of ether oxygens (including phenoxy) is 2. The first-order valence-corrected chi connectivity index (χ1v) is 11.2. The number of piperidine rings is 1. The first-order valence-electron chi connectivity index (χ1n) is 10.3. The lowest BCUT2D eigenvalue weighted by molar-refractivity contribution is -0.127. The minimum atomic E-state index is -0.189. The molecule has 0 bridgehead atoms. The Hall–Kier alpha value is -2.58. The standard InChI is InChI=1S/C22H27N3O4S/c1-15(21(26)23-9-6-18-3-2-12-30-18)25-10-7-16(8-11-25)22(27)24-17-4-5-19-20(13-17)29-14-28-19/h2-5,12-13,15-16H,6-11,14H2,1H3,(H,23,26)(H,24,27). The fourth-order valence-electron chi connectivity index (χ4n) is 3.84. The zero-order valence-electron chi connectivity index (χ0n) is 17.1. The Labute approximate surface area is 180 Å². The van der Waals surface area contributed by atoms with Gasteiger partial charge in [-0.3, -0.25) is 14.5 Å². The number of carbonyl (C=O) groups excluding carboxylic acids is 2. The van der Waals surface area contributed by atoms with Crippen molar-refractivity contribution in [3.63, 3.8) is 0 Å². The third-order valence-corrected chi connectivity index (χ3v) is 6.65. The van der Waals surface area contributed by atoms with Crippen molar-refractivity contribution in [1.82, 2.24) is 10.2 Å². The molecule has 0 aliphatic carbocycles. The number of hydrogen-bond donors (Lipinski definition) is 2. The lowest BCUT2D eigenvalue weighted by atomic mass is 9.94. The van der Waals surface area contributed by atoms with Crippen LogP contribution in [0.2, 0.25) is 0 Å². The van der Waals surface area contributed by atoms with Crippen LogP contribution < -0.4 is 20.1 Å². The maximum Gasteiger partial charge on any atom is 0.237 e. The largest absolute Gasteiger partial charge is 0.454 e. The molecule has 1 atom stereocenters. The van der Waals surface area contributed by atoms with E-state index in [-0.39, 0.29) is 30.6 Å². The predicted molar refractivity (Wildman–Crippen MR) is 116 cm³/mol. The zero-order valence-corrected chi connectivity index (χ0v) is 17.9. The molecular weight excluding hydrogens is 402 g/mol. The number of carbonyl (C=O) groups is 2.